The van der Waals surface area contributed by atoms with Gasteiger partial charge in [-0.05, 0) is 43.1 Å². The highest BCUT2D eigenvalue weighted by Crippen LogP contribution is 2.33. The molecule has 8 heteroatoms. The summed E-state index contributed by atoms with van der Waals surface area (Å²) in [7, 11) is 0. The number of rotatable bonds is 4. The number of nitrogens with one attached hydrogen (secondary N) is 1. The van der Waals surface area contributed by atoms with Crippen molar-refractivity contribution >= 4 is 23.7 Å². The van der Waals surface area contributed by atoms with Gasteiger partial charge in [0.15, 0.2) is 0 Å². The average molecular weight is 335 g/mol. The third-order valence-electron chi connectivity index (χ3n) is 5.17. The van der Waals surface area contributed by atoms with Crippen molar-refractivity contribution in [1.29, 1.82) is 0 Å². The standard InChI is InChI=1S/C15H21N5O2S/c21-13-15(4-6-23-7-5-15)16-14(22)20(13)10-12-9-19(18-17-12)8-11-2-1-3-11/h9,11H,1-8,10H2,(H,16,22). The van der Waals surface area contributed by atoms with Gasteiger partial charge in [-0.15, -0.1) is 5.10 Å². The Morgan fingerprint density at radius 1 is 1.30 bits per heavy atom. The average Bonchev–Trinajstić information content (AvgIpc) is 3.03. The summed E-state index contributed by atoms with van der Waals surface area (Å²) in [4.78, 5) is 26.2. The van der Waals surface area contributed by atoms with Crippen molar-refractivity contribution in [3.05, 3.63) is 11.9 Å². The largest absolute Gasteiger partial charge is 0.325 e. The predicted octanol–water partition coefficient (Wildman–Crippen LogP) is 1.40. The summed E-state index contributed by atoms with van der Waals surface area (Å²) in [5.74, 6) is 2.43. The third kappa shape index (κ3) is 2.73. The quantitative estimate of drug-likeness (QED) is 0.841. The zero-order valence-electron chi connectivity index (χ0n) is 13.0. The summed E-state index contributed by atoms with van der Waals surface area (Å²) in [5.41, 5.74) is -0.000352. The third-order valence-corrected chi connectivity index (χ3v) is 6.15. The number of amides is 3. The summed E-state index contributed by atoms with van der Waals surface area (Å²) in [6.45, 7) is 1.10. The first-order valence-corrected chi connectivity index (χ1v) is 9.43. The maximum absolute atomic E-state index is 12.7. The Morgan fingerprint density at radius 2 is 2.09 bits per heavy atom. The van der Waals surface area contributed by atoms with Crippen molar-refractivity contribution in [1.82, 2.24) is 25.2 Å². The molecule has 1 aromatic rings. The van der Waals surface area contributed by atoms with Gasteiger partial charge in [-0.2, -0.15) is 11.8 Å². The molecule has 2 saturated heterocycles. The molecule has 0 radical (unpaired) electrons. The van der Waals surface area contributed by atoms with Crippen LogP contribution in [-0.4, -0.2) is 48.9 Å². The fraction of sp³-hybridized carbons (Fsp3) is 0.733. The highest BCUT2D eigenvalue weighted by Gasteiger charge is 2.51. The number of carbonyl (C=O) groups is 2. The van der Waals surface area contributed by atoms with Crippen molar-refractivity contribution in [2.24, 2.45) is 5.92 Å². The van der Waals surface area contributed by atoms with Crippen LogP contribution in [0.4, 0.5) is 4.79 Å². The molecule has 1 N–H and O–H groups in total. The summed E-state index contributed by atoms with van der Waals surface area (Å²) in [6, 6.07) is -0.296. The van der Waals surface area contributed by atoms with Crippen LogP contribution >= 0.6 is 11.8 Å². The minimum atomic E-state index is -0.676. The molecule has 1 saturated carbocycles. The Hall–Kier alpha value is -1.57. The minimum Gasteiger partial charge on any atom is -0.323 e. The van der Waals surface area contributed by atoms with Crippen molar-refractivity contribution in [3.63, 3.8) is 0 Å². The molecule has 1 aromatic heterocycles. The molecule has 0 unspecified atom stereocenters. The van der Waals surface area contributed by atoms with Crippen LogP contribution in [0.1, 0.15) is 37.8 Å². The highest BCUT2D eigenvalue weighted by molar-refractivity contribution is 7.99. The molecule has 23 heavy (non-hydrogen) atoms. The summed E-state index contributed by atoms with van der Waals surface area (Å²) in [5, 5.41) is 11.2. The van der Waals surface area contributed by atoms with Gasteiger partial charge >= 0.3 is 6.03 Å². The number of nitrogens with zero attached hydrogens (tertiary/aromatic N) is 4. The molecule has 0 atom stereocenters. The summed E-state index contributed by atoms with van der Waals surface area (Å²) < 4.78 is 1.84. The second kappa shape index (κ2) is 5.81. The zero-order chi connectivity index (χ0) is 15.9. The lowest BCUT2D eigenvalue weighted by molar-refractivity contribution is -0.132. The first kappa shape index (κ1) is 15.0. The lowest BCUT2D eigenvalue weighted by atomic mass is 9.85. The highest BCUT2D eigenvalue weighted by atomic mass is 32.2. The van der Waals surface area contributed by atoms with E-state index in [2.05, 4.69) is 15.6 Å². The predicted molar refractivity (Wildman–Crippen MR) is 85.7 cm³/mol. The normalized spacial score (nSPS) is 24.1. The zero-order valence-corrected chi connectivity index (χ0v) is 13.8. The van der Waals surface area contributed by atoms with E-state index in [1.54, 1.807) is 0 Å². The van der Waals surface area contributed by atoms with Crippen molar-refractivity contribution in [2.75, 3.05) is 11.5 Å². The molecular weight excluding hydrogens is 314 g/mol. The van der Waals surface area contributed by atoms with Gasteiger partial charge in [0, 0.05) is 6.54 Å². The second-order valence-electron chi connectivity index (χ2n) is 6.74. The van der Waals surface area contributed by atoms with Crippen molar-refractivity contribution in [2.45, 2.75) is 50.7 Å². The molecule has 0 aromatic carbocycles. The van der Waals surface area contributed by atoms with Gasteiger partial charge in [0.2, 0.25) is 0 Å². The Kier molecular flexibility index (Phi) is 3.79. The maximum atomic E-state index is 12.7. The van der Waals surface area contributed by atoms with E-state index >= 15 is 0 Å². The molecule has 7 nitrogen and oxygen atoms in total. The molecule has 124 valence electrons. The van der Waals surface area contributed by atoms with Crippen LogP contribution in [0.3, 0.4) is 0 Å². The van der Waals surface area contributed by atoms with E-state index in [1.807, 2.05) is 22.6 Å². The summed E-state index contributed by atoms with van der Waals surface area (Å²) in [6.07, 6.45) is 7.10. The van der Waals surface area contributed by atoms with E-state index in [-0.39, 0.29) is 18.5 Å². The topological polar surface area (TPSA) is 80.1 Å². The van der Waals surface area contributed by atoms with Gasteiger partial charge in [-0.3, -0.25) is 14.4 Å². The molecule has 4 rings (SSSR count). The van der Waals surface area contributed by atoms with Crippen LogP contribution in [-0.2, 0) is 17.9 Å². The van der Waals surface area contributed by atoms with Gasteiger partial charge in [0.25, 0.3) is 5.91 Å². The summed E-state index contributed by atoms with van der Waals surface area (Å²) >= 11 is 1.83. The lowest BCUT2D eigenvalue weighted by Crippen LogP contribution is -2.49. The van der Waals surface area contributed by atoms with Gasteiger partial charge in [-0.25, -0.2) is 4.79 Å². The van der Waals surface area contributed by atoms with E-state index < -0.39 is 5.54 Å². The lowest BCUT2D eigenvalue weighted by Gasteiger charge is -2.30. The molecular formula is C15H21N5O2S. The van der Waals surface area contributed by atoms with Crippen molar-refractivity contribution < 1.29 is 9.59 Å². The Bertz CT molecular complexity index is 621. The molecule has 3 fully saturated rings. The van der Waals surface area contributed by atoms with Crippen LogP contribution in [0.15, 0.2) is 6.20 Å². The van der Waals surface area contributed by atoms with Crippen LogP contribution in [0.2, 0.25) is 0 Å². The Morgan fingerprint density at radius 3 is 2.78 bits per heavy atom. The van der Waals surface area contributed by atoms with Crippen LogP contribution in [0.25, 0.3) is 0 Å². The SMILES string of the molecule is O=C1NC2(CCSCC2)C(=O)N1Cc1cn(CC2CCC2)nn1. The van der Waals surface area contributed by atoms with Crippen LogP contribution in [0, 0.1) is 5.92 Å². The fourth-order valence-electron chi connectivity index (χ4n) is 3.48. The van der Waals surface area contributed by atoms with Crippen molar-refractivity contribution in [3.8, 4) is 0 Å². The molecule has 0 bridgehead atoms. The number of thioether (sulfide) groups is 1. The van der Waals surface area contributed by atoms with Gasteiger partial charge in [0.1, 0.15) is 11.2 Å². The van der Waals surface area contributed by atoms with Gasteiger partial charge in [-0.1, -0.05) is 11.6 Å². The minimum absolute atomic E-state index is 0.101. The maximum Gasteiger partial charge on any atom is 0.325 e. The van der Waals surface area contributed by atoms with E-state index in [4.69, 9.17) is 0 Å². The number of aromatic nitrogens is 3. The van der Waals surface area contributed by atoms with E-state index in [1.165, 1.54) is 24.2 Å². The van der Waals surface area contributed by atoms with E-state index in [0.29, 0.717) is 24.5 Å². The van der Waals surface area contributed by atoms with Crippen LogP contribution in [0.5, 0.6) is 0 Å². The number of hydrogen-bond acceptors (Lipinski definition) is 5. The van der Waals surface area contributed by atoms with Gasteiger partial charge < -0.3 is 5.32 Å². The smallest absolute Gasteiger partial charge is 0.323 e. The molecule has 3 heterocycles. The molecule has 1 spiro atoms. The first-order chi connectivity index (χ1) is 11.2. The van der Waals surface area contributed by atoms with E-state index in [0.717, 1.165) is 18.1 Å². The number of carbonyl (C=O) groups excluding carboxylic acids is 2. The Labute approximate surface area is 139 Å². The fourth-order valence-corrected chi connectivity index (χ4v) is 4.67. The molecule has 2 aliphatic heterocycles. The second-order valence-corrected chi connectivity index (χ2v) is 7.97. The molecule has 3 aliphatic rings. The molecule has 3 amide bonds. The number of hydrogen-bond donors (Lipinski definition) is 1. The number of imide groups is 1. The van der Waals surface area contributed by atoms with E-state index in [9.17, 15) is 9.59 Å². The monoisotopic (exact) mass is 335 g/mol. The van der Waals surface area contributed by atoms with Crippen LogP contribution < -0.4 is 5.32 Å². The first-order valence-electron chi connectivity index (χ1n) is 8.27. The Balaban J connectivity index is 1.43. The number of urea groups is 1. The molecule has 1 aliphatic carbocycles. The van der Waals surface area contributed by atoms with Gasteiger partial charge in [0.05, 0.1) is 12.7 Å².